The van der Waals surface area contributed by atoms with Gasteiger partial charge < -0.3 is 14.2 Å². The van der Waals surface area contributed by atoms with Gasteiger partial charge in [0.2, 0.25) is 0 Å². The zero-order valence-electron chi connectivity index (χ0n) is 19.0. The van der Waals surface area contributed by atoms with Crippen LogP contribution in [-0.2, 0) is 4.79 Å². The fourth-order valence-corrected chi connectivity index (χ4v) is 3.60. The molecule has 0 aliphatic rings. The van der Waals surface area contributed by atoms with E-state index in [-0.39, 0.29) is 22.9 Å². The average Bonchev–Trinajstić information content (AvgIpc) is 2.89. The van der Waals surface area contributed by atoms with Crippen molar-refractivity contribution in [1.82, 2.24) is 5.43 Å². The molecule has 7 nitrogen and oxygen atoms in total. The number of rotatable bonds is 8. The Hall–Kier alpha value is -4.07. The molecule has 0 fully saturated rings. The van der Waals surface area contributed by atoms with Gasteiger partial charge in [-0.25, -0.2) is 10.2 Å². The summed E-state index contributed by atoms with van der Waals surface area (Å²) in [4.78, 5) is 24.6. The summed E-state index contributed by atoms with van der Waals surface area (Å²) < 4.78 is 16.4. The van der Waals surface area contributed by atoms with Crippen molar-refractivity contribution >= 4 is 52.1 Å². The summed E-state index contributed by atoms with van der Waals surface area (Å²) >= 11 is 11.9. The molecule has 0 unspecified atom stereocenters. The maximum atomic E-state index is 12.4. The Kier molecular flexibility index (Phi) is 8.05. The van der Waals surface area contributed by atoms with Crippen molar-refractivity contribution in [2.75, 3.05) is 13.7 Å². The molecule has 0 radical (unpaired) electrons. The maximum absolute atomic E-state index is 12.4. The number of fused-ring (bicyclic) bond motifs is 1. The SMILES string of the molecule is COc1cc(/C=N/NC(=O)COc2cccc3ccccc23)ccc1OC(=O)c1ccc(Cl)c(Cl)c1. The van der Waals surface area contributed by atoms with Gasteiger partial charge in [-0.15, -0.1) is 0 Å². The van der Waals surface area contributed by atoms with Gasteiger partial charge in [0.15, 0.2) is 18.1 Å². The lowest BCUT2D eigenvalue weighted by Gasteiger charge is -2.10. The highest BCUT2D eigenvalue weighted by molar-refractivity contribution is 6.42. The van der Waals surface area contributed by atoms with E-state index in [1.807, 2.05) is 36.4 Å². The Morgan fingerprint density at radius 2 is 1.69 bits per heavy atom. The maximum Gasteiger partial charge on any atom is 0.343 e. The minimum atomic E-state index is -0.619. The third-order valence-corrected chi connectivity index (χ3v) is 5.80. The normalized spacial score (nSPS) is 10.9. The smallest absolute Gasteiger partial charge is 0.343 e. The summed E-state index contributed by atoms with van der Waals surface area (Å²) in [6.07, 6.45) is 1.43. The number of hydrazone groups is 1. The van der Waals surface area contributed by atoms with Gasteiger partial charge in [0, 0.05) is 5.39 Å². The first-order valence-corrected chi connectivity index (χ1v) is 11.5. The van der Waals surface area contributed by atoms with Gasteiger partial charge in [-0.3, -0.25) is 4.79 Å². The predicted octanol–water partition coefficient (Wildman–Crippen LogP) is 5.90. The predicted molar refractivity (Wildman–Crippen MR) is 140 cm³/mol. The van der Waals surface area contributed by atoms with Gasteiger partial charge >= 0.3 is 5.97 Å². The fraction of sp³-hybridized carbons (Fsp3) is 0.0741. The molecule has 0 spiro atoms. The van der Waals surface area contributed by atoms with Gasteiger partial charge in [-0.2, -0.15) is 5.10 Å². The van der Waals surface area contributed by atoms with Crippen LogP contribution < -0.4 is 19.6 Å². The molecule has 36 heavy (non-hydrogen) atoms. The number of nitrogens with zero attached hydrogens (tertiary/aromatic N) is 1. The first-order chi connectivity index (χ1) is 17.4. The molecule has 0 aliphatic heterocycles. The van der Waals surface area contributed by atoms with Crippen LogP contribution in [0.3, 0.4) is 0 Å². The molecule has 9 heteroatoms. The molecule has 0 aromatic heterocycles. The molecule has 0 heterocycles. The van der Waals surface area contributed by atoms with E-state index in [0.717, 1.165) is 10.8 Å². The highest BCUT2D eigenvalue weighted by Crippen LogP contribution is 2.29. The van der Waals surface area contributed by atoms with Crippen LogP contribution in [0.2, 0.25) is 10.0 Å². The third kappa shape index (κ3) is 6.13. The van der Waals surface area contributed by atoms with E-state index in [4.69, 9.17) is 37.4 Å². The molecule has 0 saturated carbocycles. The second-order valence-electron chi connectivity index (χ2n) is 7.49. The number of hydrogen-bond donors (Lipinski definition) is 1. The average molecular weight is 523 g/mol. The van der Waals surface area contributed by atoms with Gasteiger partial charge in [0.05, 0.1) is 28.9 Å². The van der Waals surface area contributed by atoms with Gasteiger partial charge in [0.25, 0.3) is 5.91 Å². The molecule has 182 valence electrons. The fourth-order valence-electron chi connectivity index (χ4n) is 3.31. The van der Waals surface area contributed by atoms with Crippen LogP contribution in [0.25, 0.3) is 10.8 Å². The molecule has 4 rings (SSSR count). The zero-order valence-corrected chi connectivity index (χ0v) is 20.5. The lowest BCUT2D eigenvalue weighted by atomic mass is 10.1. The number of halogens is 2. The van der Waals surface area contributed by atoms with Crippen molar-refractivity contribution in [2.45, 2.75) is 0 Å². The monoisotopic (exact) mass is 522 g/mol. The Morgan fingerprint density at radius 3 is 2.50 bits per heavy atom. The second-order valence-corrected chi connectivity index (χ2v) is 8.30. The van der Waals surface area contributed by atoms with E-state index in [0.29, 0.717) is 22.1 Å². The van der Waals surface area contributed by atoms with E-state index < -0.39 is 11.9 Å². The van der Waals surface area contributed by atoms with Crippen LogP contribution in [0, 0.1) is 0 Å². The number of carbonyl (C=O) groups excluding carboxylic acids is 2. The van der Waals surface area contributed by atoms with Crippen LogP contribution in [-0.4, -0.2) is 31.8 Å². The van der Waals surface area contributed by atoms with Crippen molar-refractivity contribution in [3.05, 3.63) is 100 Å². The minimum absolute atomic E-state index is 0.196. The van der Waals surface area contributed by atoms with E-state index in [1.54, 1.807) is 24.3 Å². The highest BCUT2D eigenvalue weighted by Gasteiger charge is 2.14. The number of amides is 1. The molecule has 1 amide bonds. The molecule has 1 N–H and O–H groups in total. The van der Waals surface area contributed by atoms with Crippen molar-refractivity contribution in [3.8, 4) is 17.2 Å². The third-order valence-electron chi connectivity index (χ3n) is 5.06. The summed E-state index contributed by atoms with van der Waals surface area (Å²) in [7, 11) is 1.44. The molecule has 0 atom stereocenters. The molecule has 0 aliphatic carbocycles. The number of hydrogen-bond acceptors (Lipinski definition) is 6. The quantitative estimate of drug-likeness (QED) is 0.135. The number of methoxy groups -OCH3 is 1. The minimum Gasteiger partial charge on any atom is -0.493 e. The number of esters is 1. The van der Waals surface area contributed by atoms with Crippen LogP contribution >= 0.6 is 23.2 Å². The van der Waals surface area contributed by atoms with E-state index >= 15 is 0 Å². The summed E-state index contributed by atoms with van der Waals surface area (Å²) in [5.41, 5.74) is 3.27. The summed E-state index contributed by atoms with van der Waals surface area (Å²) in [6.45, 7) is -0.196. The Morgan fingerprint density at radius 1 is 0.889 bits per heavy atom. The van der Waals surface area contributed by atoms with Gasteiger partial charge in [0.1, 0.15) is 5.75 Å². The lowest BCUT2D eigenvalue weighted by molar-refractivity contribution is -0.123. The molecule has 4 aromatic carbocycles. The molecular weight excluding hydrogens is 503 g/mol. The number of benzene rings is 4. The van der Waals surface area contributed by atoms with Gasteiger partial charge in [-0.05, 0) is 53.4 Å². The van der Waals surface area contributed by atoms with Crippen LogP contribution in [0.5, 0.6) is 17.2 Å². The first kappa shape index (κ1) is 25.0. The lowest BCUT2D eigenvalue weighted by Crippen LogP contribution is -2.24. The van der Waals surface area contributed by atoms with Crippen LogP contribution in [0.15, 0.2) is 84.0 Å². The summed E-state index contributed by atoms with van der Waals surface area (Å²) in [6, 6.07) is 22.7. The Balaban J connectivity index is 1.35. The molecule has 4 aromatic rings. The van der Waals surface area contributed by atoms with E-state index in [9.17, 15) is 9.59 Å². The Labute approximate surface area is 217 Å². The van der Waals surface area contributed by atoms with Gasteiger partial charge in [-0.1, -0.05) is 59.6 Å². The van der Waals surface area contributed by atoms with Crippen molar-refractivity contribution in [1.29, 1.82) is 0 Å². The van der Waals surface area contributed by atoms with Crippen molar-refractivity contribution < 1.29 is 23.8 Å². The van der Waals surface area contributed by atoms with Crippen molar-refractivity contribution in [2.24, 2.45) is 5.10 Å². The molecule has 0 saturated heterocycles. The molecular formula is C27H20Cl2N2O5. The number of carbonyl (C=O) groups is 2. The van der Waals surface area contributed by atoms with E-state index in [2.05, 4.69) is 10.5 Å². The highest BCUT2D eigenvalue weighted by atomic mass is 35.5. The standard InChI is InChI=1S/C27H20Cl2N2O5/c1-34-25-13-17(9-12-24(25)36-27(33)19-10-11-21(28)22(29)14-19)15-30-31-26(32)16-35-23-8-4-6-18-5-2-3-7-20(18)23/h2-15H,16H2,1H3,(H,31,32)/b30-15+. The first-order valence-electron chi connectivity index (χ1n) is 10.7. The number of nitrogens with one attached hydrogen (secondary N) is 1. The Bertz CT molecular complexity index is 1450. The van der Waals surface area contributed by atoms with Crippen LogP contribution in [0.4, 0.5) is 0 Å². The zero-order chi connectivity index (χ0) is 25.5. The summed E-state index contributed by atoms with van der Waals surface area (Å²) in [5.74, 6) is 0.0873. The van der Waals surface area contributed by atoms with Crippen LogP contribution in [0.1, 0.15) is 15.9 Å². The van der Waals surface area contributed by atoms with E-state index in [1.165, 1.54) is 31.5 Å². The second kappa shape index (κ2) is 11.6. The number of ether oxygens (including phenoxy) is 3. The van der Waals surface area contributed by atoms with Crippen molar-refractivity contribution in [3.63, 3.8) is 0 Å². The largest absolute Gasteiger partial charge is 0.493 e. The summed E-state index contributed by atoms with van der Waals surface area (Å²) in [5, 5.41) is 6.47. The topological polar surface area (TPSA) is 86.2 Å². The molecule has 0 bridgehead atoms.